The molecule has 1 aliphatic rings. The lowest BCUT2D eigenvalue weighted by Crippen LogP contribution is -2.27. The van der Waals surface area contributed by atoms with Gasteiger partial charge in [-0.05, 0) is 30.3 Å². The summed E-state index contributed by atoms with van der Waals surface area (Å²) in [5, 5.41) is 1.34. The van der Waals surface area contributed by atoms with Crippen molar-refractivity contribution in [1.29, 1.82) is 0 Å². The zero-order chi connectivity index (χ0) is 25.3. The molecule has 36 heavy (non-hydrogen) atoms. The second kappa shape index (κ2) is 10.3. The van der Waals surface area contributed by atoms with E-state index in [2.05, 4.69) is 29.6 Å². The maximum absolute atomic E-state index is 13.8. The van der Waals surface area contributed by atoms with Crippen LogP contribution in [0.4, 0.5) is 0 Å². The van der Waals surface area contributed by atoms with Crippen LogP contribution in [0.2, 0.25) is 30.7 Å². The molecular formula is C26H31ClN4O4Si. The number of hydrogen-bond acceptors (Lipinski definition) is 6. The topological polar surface area (TPSA) is 80.4 Å². The largest absolute Gasteiger partial charge is 0.488 e. The minimum atomic E-state index is -1.26. The Bertz CT molecular complexity index is 1440. The molecule has 1 aliphatic heterocycles. The second-order valence-electron chi connectivity index (χ2n) is 10.3. The number of halogens is 1. The van der Waals surface area contributed by atoms with Gasteiger partial charge in [-0.15, -0.1) is 0 Å². The van der Waals surface area contributed by atoms with Crippen LogP contribution >= 0.6 is 11.6 Å². The highest BCUT2D eigenvalue weighted by Gasteiger charge is 2.23. The van der Waals surface area contributed by atoms with Gasteiger partial charge in [-0.1, -0.05) is 31.2 Å². The van der Waals surface area contributed by atoms with Crippen molar-refractivity contribution in [2.24, 2.45) is 0 Å². The van der Waals surface area contributed by atoms with Crippen LogP contribution in [-0.4, -0.2) is 53.1 Å². The van der Waals surface area contributed by atoms with Gasteiger partial charge in [0.2, 0.25) is 0 Å². The number of fused-ring (bicyclic) bond motifs is 2. The standard InChI is InChI=1S/C26H31ClN4O4Si/c1-36(2,3)15-14-34-17-30-25-24(23(7-11-29-25)35-19-8-12-33-13-9-19)31(26(30)32)18-4-5-22-20(16-18)21(27)6-10-28-22/h4-7,10-11,16,19H,8-9,12-15,17H2,1-3H3. The first-order chi connectivity index (χ1) is 17.3. The molecule has 5 rings (SSSR count). The van der Waals surface area contributed by atoms with Gasteiger partial charge in [-0.25, -0.2) is 9.78 Å². The van der Waals surface area contributed by atoms with E-state index in [4.69, 9.17) is 25.8 Å². The summed E-state index contributed by atoms with van der Waals surface area (Å²) in [6, 6.07) is 10.2. The number of ether oxygens (including phenoxy) is 3. The van der Waals surface area contributed by atoms with E-state index in [-0.39, 0.29) is 18.5 Å². The Labute approximate surface area is 215 Å². The first kappa shape index (κ1) is 24.9. The number of rotatable bonds is 8. The Morgan fingerprint density at radius 2 is 1.89 bits per heavy atom. The van der Waals surface area contributed by atoms with Crippen molar-refractivity contribution >= 4 is 41.7 Å². The zero-order valence-electron chi connectivity index (χ0n) is 20.9. The predicted molar refractivity (Wildman–Crippen MR) is 144 cm³/mol. The Kier molecular flexibility index (Phi) is 7.16. The number of pyridine rings is 2. The highest BCUT2D eigenvalue weighted by molar-refractivity contribution is 6.76. The minimum Gasteiger partial charge on any atom is -0.488 e. The third-order valence-electron chi connectivity index (χ3n) is 6.38. The van der Waals surface area contributed by atoms with Crippen LogP contribution in [-0.2, 0) is 16.2 Å². The molecule has 4 aromatic rings. The van der Waals surface area contributed by atoms with Crippen LogP contribution in [0.1, 0.15) is 12.8 Å². The van der Waals surface area contributed by atoms with E-state index in [0.29, 0.717) is 47.4 Å². The third kappa shape index (κ3) is 5.20. The SMILES string of the molecule is C[Si](C)(C)CCOCn1c(=O)n(-c2ccc3nccc(Cl)c3c2)c2c(OC3CCOCC3)ccnc21. The summed E-state index contributed by atoms with van der Waals surface area (Å²) in [5.41, 5.74) is 2.32. The Balaban J connectivity index is 1.62. The summed E-state index contributed by atoms with van der Waals surface area (Å²) in [4.78, 5) is 22.8. The van der Waals surface area contributed by atoms with E-state index < -0.39 is 8.07 Å². The molecule has 1 fully saturated rings. The molecule has 0 aliphatic carbocycles. The molecule has 3 aromatic heterocycles. The van der Waals surface area contributed by atoms with Gasteiger partial charge in [0.15, 0.2) is 5.65 Å². The lowest BCUT2D eigenvalue weighted by atomic mass is 10.1. The van der Waals surface area contributed by atoms with E-state index in [1.807, 2.05) is 24.3 Å². The summed E-state index contributed by atoms with van der Waals surface area (Å²) in [7, 11) is -1.26. The molecule has 0 bridgehead atoms. The van der Waals surface area contributed by atoms with Gasteiger partial charge in [0.1, 0.15) is 24.1 Å². The molecule has 0 spiro atoms. The molecule has 10 heteroatoms. The molecule has 8 nitrogen and oxygen atoms in total. The smallest absolute Gasteiger partial charge is 0.337 e. The van der Waals surface area contributed by atoms with Crippen molar-refractivity contribution in [2.75, 3.05) is 19.8 Å². The fraction of sp³-hybridized carbons (Fsp3) is 0.423. The summed E-state index contributed by atoms with van der Waals surface area (Å²) in [5.74, 6) is 0.613. The zero-order valence-corrected chi connectivity index (χ0v) is 22.6. The molecule has 0 N–H and O–H groups in total. The van der Waals surface area contributed by atoms with Gasteiger partial charge in [0, 0.05) is 51.4 Å². The maximum atomic E-state index is 13.8. The lowest BCUT2D eigenvalue weighted by molar-refractivity contribution is 0.0260. The molecule has 0 radical (unpaired) electrons. The number of nitrogens with zero attached hydrogens (tertiary/aromatic N) is 4. The molecule has 1 saturated heterocycles. The van der Waals surface area contributed by atoms with Crippen molar-refractivity contribution in [1.82, 2.24) is 19.1 Å². The van der Waals surface area contributed by atoms with E-state index in [0.717, 1.165) is 29.8 Å². The molecule has 4 heterocycles. The Morgan fingerprint density at radius 3 is 2.67 bits per heavy atom. The summed E-state index contributed by atoms with van der Waals surface area (Å²) < 4.78 is 21.1. The molecule has 0 saturated carbocycles. The number of imidazole rings is 1. The molecule has 0 atom stereocenters. The van der Waals surface area contributed by atoms with Crippen molar-refractivity contribution in [3.63, 3.8) is 0 Å². The number of hydrogen-bond donors (Lipinski definition) is 0. The minimum absolute atomic E-state index is 0.0134. The fourth-order valence-electron chi connectivity index (χ4n) is 4.34. The van der Waals surface area contributed by atoms with Crippen molar-refractivity contribution in [3.8, 4) is 11.4 Å². The maximum Gasteiger partial charge on any atom is 0.337 e. The molecule has 190 valence electrons. The van der Waals surface area contributed by atoms with E-state index in [9.17, 15) is 4.79 Å². The third-order valence-corrected chi connectivity index (χ3v) is 8.41. The van der Waals surface area contributed by atoms with Gasteiger partial charge in [0.05, 0.1) is 29.4 Å². The summed E-state index contributed by atoms with van der Waals surface area (Å²) >= 11 is 6.46. The van der Waals surface area contributed by atoms with Gasteiger partial charge in [-0.3, -0.25) is 14.1 Å². The average Bonchev–Trinajstić information content (AvgIpc) is 3.14. The van der Waals surface area contributed by atoms with E-state index in [1.165, 1.54) is 0 Å². The van der Waals surface area contributed by atoms with Gasteiger partial charge in [-0.2, -0.15) is 0 Å². The van der Waals surface area contributed by atoms with Gasteiger partial charge in [0.25, 0.3) is 0 Å². The van der Waals surface area contributed by atoms with E-state index in [1.54, 1.807) is 27.6 Å². The second-order valence-corrected chi connectivity index (χ2v) is 16.3. The average molecular weight is 527 g/mol. The predicted octanol–water partition coefficient (Wildman–Crippen LogP) is 5.26. The molecule has 0 amide bonds. The van der Waals surface area contributed by atoms with Crippen LogP contribution < -0.4 is 10.4 Å². The fourth-order valence-corrected chi connectivity index (χ4v) is 5.30. The first-order valence-corrected chi connectivity index (χ1v) is 16.4. The highest BCUT2D eigenvalue weighted by Crippen LogP contribution is 2.30. The number of benzene rings is 1. The summed E-state index contributed by atoms with van der Waals surface area (Å²) in [6.07, 6.45) is 4.96. The van der Waals surface area contributed by atoms with Crippen LogP contribution in [0, 0.1) is 0 Å². The number of aromatic nitrogens is 4. The van der Waals surface area contributed by atoms with Crippen molar-refractivity contribution < 1.29 is 14.2 Å². The highest BCUT2D eigenvalue weighted by atomic mass is 35.5. The van der Waals surface area contributed by atoms with Crippen LogP contribution in [0.5, 0.6) is 5.75 Å². The van der Waals surface area contributed by atoms with Gasteiger partial charge < -0.3 is 14.2 Å². The van der Waals surface area contributed by atoms with Crippen molar-refractivity contribution in [2.45, 2.75) is 51.4 Å². The van der Waals surface area contributed by atoms with Crippen LogP contribution in [0.25, 0.3) is 27.8 Å². The first-order valence-electron chi connectivity index (χ1n) is 12.3. The Hall–Kier alpha value is -2.72. The van der Waals surface area contributed by atoms with Gasteiger partial charge >= 0.3 is 5.69 Å². The monoisotopic (exact) mass is 526 g/mol. The van der Waals surface area contributed by atoms with Crippen LogP contribution in [0.3, 0.4) is 0 Å². The normalized spacial score (nSPS) is 15.1. The summed E-state index contributed by atoms with van der Waals surface area (Å²) in [6.45, 7) is 8.95. The molecular weight excluding hydrogens is 496 g/mol. The quantitative estimate of drug-likeness (QED) is 0.230. The molecule has 0 unspecified atom stereocenters. The van der Waals surface area contributed by atoms with Crippen molar-refractivity contribution in [3.05, 3.63) is 58.2 Å². The Morgan fingerprint density at radius 1 is 1.11 bits per heavy atom. The van der Waals surface area contributed by atoms with E-state index >= 15 is 0 Å². The molecule has 1 aromatic carbocycles. The lowest BCUT2D eigenvalue weighted by Gasteiger charge is -2.23. The van der Waals surface area contributed by atoms with Crippen LogP contribution in [0.15, 0.2) is 47.5 Å².